The molecule has 0 atom stereocenters. The van der Waals surface area contributed by atoms with E-state index in [0.717, 1.165) is 11.3 Å². The van der Waals surface area contributed by atoms with Crippen LogP contribution in [0.4, 0.5) is 5.82 Å². The van der Waals surface area contributed by atoms with E-state index >= 15 is 0 Å². The Morgan fingerprint density at radius 3 is 2.74 bits per heavy atom. The first-order chi connectivity index (χ1) is 9.33. The lowest BCUT2D eigenvalue weighted by Crippen LogP contribution is -2.10. The number of benzene rings is 1. The summed E-state index contributed by atoms with van der Waals surface area (Å²) in [6.45, 7) is 0. The second kappa shape index (κ2) is 4.81. The molecule has 19 heavy (non-hydrogen) atoms. The summed E-state index contributed by atoms with van der Waals surface area (Å²) in [6, 6.07) is 14.8. The number of aromatic amines is 1. The highest BCUT2D eigenvalue weighted by molar-refractivity contribution is 6.01. The number of rotatable bonds is 3. The van der Waals surface area contributed by atoms with Gasteiger partial charge in [0.25, 0.3) is 5.91 Å². The van der Waals surface area contributed by atoms with Crippen molar-refractivity contribution in [2.75, 3.05) is 5.32 Å². The Labute approximate surface area is 109 Å². The largest absolute Gasteiger partial charge is 0.459 e. The van der Waals surface area contributed by atoms with E-state index < -0.39 is 0 Å². The maximum Gasteiger partial charge on any atom is 0.292 e. The molecule has 3 aromatic rings. The maximum atomic E-state index is 11.8. The number of nitrogens with zero attached hydrogens (tertiary/aromatic N) is 1. The molecule has 2 N–H and O–H groups in total. The number of anilines is 1. The number of aromatic nitrogens is 2. The van der Waals surface area contributed by atoms with Gasteiger partial charge < -0.3 is 9.73 Å². The zero-order valence-electron chi connectivity index (χ0n) is 9.96. The quantitative estimate of drug-likeness (QED) is 0.753. The van der Waals surface area contributed by atoms with Gasteiger partial charge in [-0.2, -0.15) is 5.10 Å². The normalized spacial score (nSPS) is 10.3. The Kier molecular flexibility index (Phi) is 2.86. The van der Waals surface area contributed by atoms with Crippen LogP contribution in [0.3, 0.4) is 0 Å². The van der Waals surface area contributed by atoms with Crippen LogP contribution in [0.25, 0.3) is 11.3 Å². The lowest BCUT2D eigenvalue weighted by atomic mass is 10.2. The third kappa shape index (κ3) is 2.40. The van der Waals surface area contributed by atoms with E-state index in [1.165, 1.54) is 6.26 Å². The highest BCUT2D eigenvalue weighted by Gasteiger charge is 2.11. The number of carbonyl (C=O) groups is 1. The molecule has 2 aromatic heterocycles. The third-order valence-electron chi connectivity index (χ3n) is 2.65. The molecule has 0 aliphatic rings. The van der Waals surface area contributed by atoms with E-state index in [1.54, 1.807) is 18.2 Å². The summed E-state index contributed by atoms with van der Waals surface area (Å²) < 4.78 is 5.01. The van der Waals surface area contributed by atoms with Gasteiger partial charge in [-0.1, -0.05) is 30.3 Å². The SMILES string of the molecule is O=C(Nc1cc(-c2ccccc2)[nH]n1)c1ccco1. The zero-order valence-corrected chi connectivity index (χ0v) is 9.96. The predicted molar refractivity (Wildman–Crippen MR) is 70.7 cm³/mol. The minimum Gasteiger partial charge on any atom is -0.459 e. The van der Waals surface area contributed by atoms with Gasteiger partial charge in [0, 0.05) is 6.07 Å². The Morgan fingerprint density at radius 1 is 1.16 bits per heavy atom. The van der Waals surface area contributed by atoms with Gasteiger partial charge in [0.05, 0.1) is 12.0 Å². The van der Waals surface area contributed by atoms with E-state index in [2.05, 4.69) is 15.5 Å². The molecular weight excluding hydrogens is 242 g/mol. The summed E-state index contributed by atoms with van der Waals surface area (Å²) in [5, 5.41) is 9.58. The molecule has 0 unspecified atom stereocenters. The molecule has 2 heterocycles. The minimum absolute atomic E-state index is 0.254. The third-order valence-corrected chi connectivity index (χ3v) is 2.65. The van der Waals surface area contributed by atoms with Gasteiger partial charge in [-0.3, -0.25) is 9.89 Å². The smallest absolute Gasteiger partial charge is 0.292 e. The van der Waals surface area contributed by atoms with Gasteiger partial charge in [-0.15, -0.1) is 0 Å². The number of hydrogen-bond donors (Lipinski definition) is 2. The van der Waals surface area contributed by atoms with Gasteiger partial charge in [0.2, 0.25) is 0 Å². The highest BCUT2D eigenvalue weighted by atomic mass is 16.3. The molecule has 0 saturated carbocycles. The maximum absolute atomic E-state index is 11.8. The van der Waals surface area contributed by atoms with Crippen LogP contribution in [0.5, 0.6) is 0 Å². The van der Waals surface area contributed by atoms with Crippen LogP contribution >= 0.6 is 0 Å². The first kappa shape index (κ1) is 11.3. The average Bonchev–Trinajstić information content (AvgIpc) is 3.11. The van der Waals surface area contributed by atoms with Crippen LogP contribution < -0.4 is 5.32 Å². The van der Waals surface area contributed by atoms with Gasteiger partial charge in [-0.25, -0.2) is 0 Å². The van der Waals surface area contributed by atoms with Crippen molar-refractivity contribution in [3.05, 3.63) is 60.6 Å². The number of carbonyl (C=O) groups excluding carboxylic acids is 1. The summed E-state index contributed by atoms with van der Waals surface area (Å²) in [5.41, 5.74) is 1.85. The molecule has 0 radical (unpaired) electrons. The van der Waals surface area contributed by atoms with Gasteiger partial charge in [-0.05, 0) is 17.7 Å². The van der Waals surface area contributed by atoms with Crippen LogP contribution in [0.2, 0.25) is 0 Å². The Hall–Kier alpha value is -2.82. The summed E-state index contributed by atoms with van der Waals surface area (Å²) >= 11 is 0. The van der Waals surface area contributed by atoms with Crippen molar-refractivity contribution >= 4 is 11.7 Å². The van der Waals surface area contributed by atoms with Crippen molar-refractivity contribution in [3.63, 3.8) is 0 Å². The highest BCUT2D eigenvalue weighted by Crippen LogP contribution is 2.19. The molecule has 0 bridgehead atoms. The number of H-pyrrole nitrogens is 1. The lowest BCUT2D eigenvalue weighted by molar-refractivity contribution is 0.0996. The monoisotopic (exact) mass is 253 g/mol. The van der Waals surface area contributed by atoms with Crippen LogP contribution in [-0.2, 0) is 0 Å². The molecule has 3 rings (SSSR count). The van der Waals surface area contributed by atoms with Crippen molar-refractivity contribution in [2.45, 2.75) is 0 Å². The number of hydrogen-bond acceptors (Lipinski definition) is 3. The minimum atomic E-state index is -0.323. The van der Waals surface area contributed by atoms with Crippen LogP contribution in [0.1, 0.15) is 10.6 Å². The molecule has 0 fully saturated rings. The second-order valence-corrected chi connectivity index (χ2v) is 3.96. The first-order valence-corrected chi connectivity index (χ1v) is 5.78. The molecule has 5 nitrogen and oxygen atoms in total. The fourth-order valence-corrected chi connectivity index (χ4v) is 1.74. The Balaban J connectivity index is 1.77. The van der Waals surface area contributed by atoms with Gasteiger partial charge in [0.15, 0.2) is 11.6 Å². The molecule has 0 saturated heterocycles. The van der Waals surface area contributed by atoms with Gasteiger partial charge in [0.1, 0.15) is 0 Å². The standard InChI is InChI=1S/C14H11N3O2/c18-14(12-7-4-8-19-12)15-13-9-11(16-17-13)10-5-2-1-3-6-10/h1-9H,(H2,15,16,17,18). The van der Waals surface area contributed by atoms with E-state index in [0.29, 0.717) is 5.82 Å². The first-order valence-electron chi connectivity index (χ1n) is 5.78. The van der Waals surface area contributed by atoms with E-state index in [9.17, 15) is 4.79 Å². The lowest BCUT2D eigenvalue weighted by Gasteiger charge is -1.97. The number of amides is 1. The average molecular weight is 253 g/mol. The molecule has 0 spiro atoms. The molecule has 0 aliphatic carbocycles. The van der Waals surface area contributed by atoms with Crippen molar-refractivity contribution in [2.24, 2.45) is 0 Å². The molecule has 5 heteroatoms. The van der Waals surface area contributed by atoms with E-state index in [4.69, 9.17) is 4.42 Å². The fourth-order valence-electron chi connectivity index (χ4n) is 1.74. The molecule has 1 amide bonds. The second-order valence-electron chi connectivity index (χ2n) is 3.96. The molecular formula is C14H11N3O2. The summed E-state index contributed by atoms with van der Waals surface area (Å²) in [5.74, 6) is 0.389. The number of furan rings is 1. The molecule has 1 aromatic carbocycles. The summed E-state index contributed by atoms with van der Waals surface area (Å²) in [7, 11) is 0. The van der Waals surface area contributed by atoms with Crippen molar-refractivity contribution in [1.82, 2.24) is 10.2 Å². The Morgan fingerprint density at radius 2 is 2.00 bits per heavy atom. The summed E-state index contributed by atoms with van der Waals surface area (Å²) in [4.78, 5) is 11.8. The van der Waals surface area contributed by atoms with Gasteiger partial charge >= 0.3 is 0 Å². The Bertz CT molecular complexity index is 672. The van der Waals surface area contributed by atoms with E-state index in [-0.39, 0.29) is 11.7 Å². The molecule has 0 aliphatic heterocycles. The topological polar surface area (TPSA) is 70.9 Å². The van der Waals surface area contributed by atoms with Crippen molar-refractivity contribution in [1.29, 1.82) is 0 Å². The fraction of sp³-hybridized carbons (Fsp3) is 0. The van der Waals surface area contributed by atoms with Crippen LogP contribution in [0, 0.1) is 0 Å². The van der Waals surface area contributed by atoms with E-state index in [1.807, 2.05) is 30.3 Å². The molecule has 94 valence electrons. The van der Waals surface area contributed by atoms with Crippen LogP contribution in [0.15, 0.2) is 59.2 Å². The van der Waals surface area contributed by atoms with Crippen molar-refractivity contribution < 1.29 is 9.21 Å². The predicted octanol–water partition coefficient (Wildman–Crippen LogP) is 2.92. The van der Waals surface area contributed by atoms with Crippen LogP contribution in [-0.4, -0.2) is 16.1 Å². The van der Waals surface area contributed by atoms with Crippen molar-refractivity contribution in [3.8, 4) is 11.3 Å². The zero-order chi connectivity index (χ0) is 13.1. The number of nitrogens with one attached hydrogen (secondary N) is 2. The summed E-state index contributed by atoms with van der Waals surface area (Å²) in [6.07, 6.45) is 1.45.